The van der Waals surface area contributed by atoms with Gasteiger partial charge in [0.1, 0.15) is 42.9 Å². The number of hydrogen-bond donors (Lipinski definition) is 5. The van der Waals surface area contributed by atoms with Gasteiger partial charge in [0.25, 0.3) is 10.1 Å². The van der Waals surface area contributed by atoms with Crippen LogP contribution in [0.4, 0.5) is 0 Å². The fourth-order valence-electron chi connectivity index (χ4n) is 3.53. The second kappa shape index (κ2) is 17.4. The van der Waals surface area contributed by atoms with Crippen molar-refractivity contribution < 1.29 is 52.4 Å². The zero-order chi connectivity index (χ0) is 26.3. The minimum absolute atomic E-state index is 0.232. The summed E-state index contributed by atoms with van der Waals surface area (Å²) in [4.78, 5) is 11.8. The van der Waals surface area contributed by atoms with Gasteiger partial charge in [0.05, 0.1) is 6.61 Å². The first-order chi connectivity index (χ1) is 16.5. The van der Waals surface area contributed by atoms with Gasteiger partial charge in [-0.15, -0.1) is 0 Å². The summed E-state index contributed by atoms with van der Waals surface area (Å²) >= 11 is 0. The van der Waals surface area contributed by atoms with E-state index in [1.807, 2.05) is 0 Å². The molecule has 1 saturated heterocycles. The number of rotatable bonds is 18. The third kappa shape index (κ3) is 14.3. The number of aliphatic hydroxyl groups is 4. The number of ether oxygens (including phenoxy) is 3. The number of aliphatic hydroxyl groups excluding tert-OH is 4. The van der Waals surface area contributed by atoms with Crippen LogP contribution in [-0.4, -0.2) is 95.1 Å². The van der Waals surface area contributed by atoms with Crippen molar-refractivity contribution in [3.8, 4) is 0 Å². The van der Waals surface area contributed by atoms with Crippen molar-refractivity contribution in [3.05, 3.63) is 12.2 Å². The molecule has 1 rings (SSSR count). The Hall–Kier alpha value is -1.12. The lowest BCUT2D eigenvalue weighted by atomic mass is 10.00. The molecule has 6 atom stereocenters. The van der Waals surface area contributed by atoms with Crippen molar-refractivity contribution in [3.63, 3.8) is 0 Å². The second-order valence-corrected chi connectivity index (χ2v) is 10.4. The topological polar surface area (TPSA) is 180 Å². The van der Waals surface area contributed by atoms with E-state index < -0.39 is 65.3 Å². The number of carbonyl (C=O) groups is 1. The van der Waals surface area contributed by atoms with Crippen LogP contribution in [0.25, 0.3) is 0 Å². The number of hydrogen-bond acceptors (Lipinski definition) is 10. The predicted molar refractivity (Wildman–Crippen MR) is 127 cm³/mol. The van der Waals surface area contributed by atoms with Crippen LogP contribution < -0.4 is 0 Å². The Morgan fingerprint density at radius 2 is 1.57 bits per heavy atom. The van der Waals surface area contributed by atoms with E-state index in [1.54, 1.807) is 0 Å². The molecule has 12 heteroatoms. The summed E-state index contributed by atoms with van der Waals surface area (Å²) in [7, 11) is -4.53. The van der Waals surface area contributed by atoms with Crippen LogP contribution in [0.1, 0.15) is 71.1 Å². The lowest BCUT2D eigenvalue weighted by Gasteiger charge is -2.40. The van der Waals surface area contributed by atoms with Crippen molar-refractivity contribution in [1.82, 2.24) is 0 Å². The highest BCUT2D eigenvalue weighted by molar-refractivity contribution is 7.85. The van der Waals surface area contributed by atoms with Gasteiger partial charge in [-0.05, 0) is 25.7 Å². The second-order valence-electron chi connectivity index (χ2n) is 8.85. The smallest absolute Gasteiger partial charge is 0.305 e. The normalized spacial score (nSPS) is 26.2. The van der Waals surface area contributed by atoms with Crippen LogP contribution >= 0.6 is 0 Å². The van der Waals surface area contributed by atoms with Crippen LogP contribution in [0.2, 0.25) is 0 Å². The van der Waals surface area contributed by atoms with Gasteiger partial charge in [-0.25, -0.2) is 0 Å². The van der Waals surface area contributed by atoms with Crippen molar-refractivity contribution in [1.29, 1.82) is 0 Å². The molecule has 1 aliphatic heterocycles. The number of allylic oxidation sites excluding steroid dienone is 2. The number of unbranched alkanes of at least 4 members (excludes halogenated alkanes) is 7. The molecule has 0 saturated carbocycles. The van der Waals surface area contributed by atoms with Gasteiger partial charge in [0, 0.05) is 6.42 Å². The number of carbonyl (C=O) groups excluding carboxylic acids is 1. The molecule has 1 fully saturated rings. The molecule has 0 aliphatic carbocycles. The quantitative estimate of drug-likeness (QED) is 0.0746. The summed E-state index contributed by atoms with van der Waals surface area (Å²) in [6.07, 6.45) is 4.55. The average molecular weight is 527 g/mol. The summed E-state index contributed by atoms with van der Waals surface area (Å²) in [6.45, 7) is 1.36. The summed E-state index contributed by atoms with van der Waals surface area (Å²) in [5.41, 5.74) is 0. The largest absolute Gasteiger partial charge is 0.463 e. The molecule has 5 N–H and O–H groups in total. The predicted octanol–water partition coefficient (Wildman–Crippen LogP) is 1.08. The van der Waals surface area contributed by atoms with E-state index in [0.717, 1.165) is 38.5 Å². The van der Waals surface area contributed by atoms with Gasteiger partial charge in [-0.2, -0.15) is 8.42 Å². The molecule has 206 valence electrons. The maximum absolute atomic E-state index is 11.8. The third-order valence-electron chi connectivity index (χ3n) is 5.58. The molecule has 0 aromatic carbocycles. The fraction of sp³-hybridized carbons (Fsp3) is 0.870. The van der Waals surface area contributed by atoms with E-state index in [2.05, 4.69) is 19.1 Å². The zero-order valence-corrected chi connectivity index (χ0v) is 21.2. The maximum Gasteiger partial charge on any atom is 0.305 e. The molecule has 11 nitrogen and oxygen atoms in total. The molecule has 0 amide bonds. The van der Waals surface area contributed by atoms with Crippen molar-refractivity contribution in [2.75, 3.05) is 19.0 Å². The Balaban J connectivity index is 2.18. The summed E-state index contributed by atoms with van der Waals surface area (Å²) in [6, 6.07) is 0. The first kappa shape index (κ1) is 31.9. The highest BCUT2D eigenvalue weighted by Crippen LogP contribution is 2.23. The van der Waals surface area contributed by atoms with Crippen LogP contribution in [-0.2, 0) is 29.1 Å². The zero-order valence-electron chi connectivity index (χ0n) is 20.4. The Morgan fingerprint density at radius 3 is 2.23 bits per heavy atom. The summed E-state index contributed by atoms with van der Waals surface area (Å²) < 4.78 is 46.3. The first-order valence-corrected chi connectivity index (χ1v) is 13.9. The van der Waals surface area contributed by atoms with E-state index in [9.17, 15) is 33.6 Å². The van der Waals surface area contributed by atoms with Crippen molar-refractivity contribution >= 4 is 16.1 Å². The number of esters is 1. The third-order valence-corrected chi connectivity index (χ3v) is 6.33. The Labute approximate surface area is 207 Å². The molecular weight excluding hydrogens is 484 g/mol. The molecule has 35 heavy (non-hydrogen) atoms. The van der Waals surface area contributed by atoms with E-state index in [1.165, 1.54) is 12.8 Å². The first-order valence-electron chi connectivity index (χ1n) is 12.3. The summed E-state index contributed by atoms with van der Waals surface area (Å²) in [5, 5.41) is 39.6. The minimum atomic E-state index is -4.53. The van der Waals surface area contributed by atoms with Crippen LogP contribution in [0.5, 0.6) is 0 Å². The van der Waals surface area contributed by atoms with E-state index in [0.29, 0.717) is 6.42 Å². The molecular formula is C23H42O11S. The lowest BCUT2D eigenvalue weighted by molar-refractivity contribution is -0.296. The summed E-state index contributed by atoms with van der Waals surface area (Å²) in [5.74, 6) is -1.47. The molecule has 0 aromatic rings. The Kier molecular flexibility index (Phi) is 15.8. The van der Waals surface area contributed by atoms with Crippen LogP contribution in [0, 0.1) is 0 Å². The monoisotopic (exact) mass is 526 g/mol. The molecule has 0 bridgehead atoms. The molecule has 1 unspecified atom stereocenters. The SMILES string of the molecule is CCCC/C=C\CCCCCCCC(=O)OCC(O)CO[C@H]1O[C@H](CS(=O)(=O)O)[C@@H](O)[C@H](O)[C@H]1O. The van der Waals surface area contributed by atoms with Gasteiger partial charge >= 0.3 is 5.97 Å². The Morgan fingerprint density at radius 1 is 0.943 bits per heavy atom. The van der Waals surface area contributed by atoms with Gasteiger partial charge < -0.3 is 34.6 Å². The van der Waals surface area contributed by atoms with Gasteiger partial charge in [-0.3, -0.25) is 9.35 Å². The Bertz CT molecular complexity index is 712. The highest BCUT2D eigenvalue weighted by atomic mass is 32.2. The minimum Gasteiger partial charge on any atom is -0.463 e. The van der Waals surface area contributed by atoms with Gasteiger partial charge in [0.2, 0.25) is 0 Å². The molecule has 0 aromatic heterocycles. The van der Waals surface area contributed by atoms with Crippen LogP contribution in [0.3, 0.4) is 0 Å². The highest BCUT2D eigenvalue weighted by Gasteiger charge is 2.45. The van der Waals surface area contributed by atoms with Gasteiger partial charge in [-0.1, -0.05) is 51.2 Å². The van der Waals surface area contributed by atoms with Crippen LogP contribution in [0.15, 0.2) is 12.2 Å². The van der Waals surface area contributed by atoms with E-state index in [-0.39, 0.29) is 13.0 Å². The fourth-order valence-corrected chi connectivity index (χ4v) is 4.23. The molecule has 0 spiro atoms. The van der Waals surface area contributed by atoms with Gasteiger partial charge in [0.15, 0.2) is 6.29 Å². The lowest BCUT2D eigenvalue weighted by Crippen LogP contribution is -2.60. The van der Waals surface area contributed by atoms with E-state index >= 15 is 0 Å². The average Bonchev–Trinajstić information content (AvgIpc) is 2.80. The molecule has 1 aliphatic rings. The molecule has 1 heterocycles. The maximum atomic E-state index is 11.8. The van der Waals surface area contributed by atoms with E-state index in [4.69, 9.17) is 18.8 Å². The standard InChI is InChI=1S/C23H42O11S/c1-2-3-4-5-6-7-8-9-10-11-12-13-19(25)32-14-17(24)15-33-23-22(28)21(27)20(26)18(34-23)16-35(29,30)31/h5-6,17-18,20-24,26-28H,2-4,7-16H2,1H3,(H,29,30,31)/b6-5-/t17?,18-,20-,21+,22-,23+/m1/s1. The van der Waals surface area contributed by atoms with Crippen molar-refractivity contribution in [2.24, 2.45) is 0 Å². The van der Waals surface area contributed by atoms with Crippen molar-refractivity contribution in [2.45, 2.75) is 108 Å². The molecule has 0 radical (unpaired) electrons.